The predicted molar refractivity (Wildman–Crippen MR) is 83.7 cm³/mol. The Labute approximate surface area is 132 Å². The van der Waals surface area contributed by atoms with Gasteiger partial charge in [-0.05, 0) is 58.0 Å². The molecule has 0 atom stereocenters. The van der Waals surface area contributed by atoms with Crippen molar-refractivity contribution in [2.75, 3.05) is 20.1 Å². The number of likely N-dealkylation sites (tertiary alicyclic amines) is 1. The molecule has 1 saturated heterocycles. The van der Waals surface area contributed by atoms with Crippen LogP contribution in [-0.4, -0.2) is 49.8 Å². The summed E-state index contributed by atoms with van der Waals surface area (Å²) in [6.45, 7) is 1.84. The largest absolute Gasteiger partial charge is 0.306 e. The highest BCUT2D eigenvalue weighted by Gasteiger charge is 2.43. The highest BCUT2D eigenvalue weighted by Crippen LogP contribution is 2.37. The highest BCUT2D eigenvalue weighted by molar-refractivity contribution is 7.89. The van der Waals surface area contributed by atoms with E-state index in [1.165, 1.54) is 0 Å². The van der Waals surface area contributed by atoms with Crippen molar-refractivity contribution in [3.8, 4) is 6.07 Å². The summed E-state index contributed by atoms with van der Waals surface area (Å²) in [5.74, 6) is 0. The van der Waals surface area contributed by atoms with Crippen molar-refractivity contribution in [1.82, 2.24) is 9.21 Å². The van der Waals surface area contributed by atoms with Gasteiger partial charge in [0.2, 0.25) is 10.0 Å². The first-order chi connectivity index (χ1) is 10.5. The summed E-state index contributed by atoms with van der Waals surface area (Å²) in [4.78, 5) is 2.39. The molecule has 0 aromatic heterocycles. The second-order valence-electron chi connectivity index (χ2n) is 6.21. The molecular formula is C16H21N3O2S. The summed E-state index contributed by atoms with van der Waals surface area (Å²) in [6.07, 6.45) is 3.59. The van der Waals surface area contributed by atoms with Gasteiger partial charge in [-0.1, -0.05) is 12.1 Å². The van der Waals surface area contributed by atoms with E-state index < -0.39 is 10.0 Å². The van der Waals surface area contributed by atoms with Crippen molar-refractivity contribution in [3.05, 3.63) is 29.8 Å². The molecule has 1 saturated carbocycles. The second kappa shape index (κ2) is 5.99. The van der Waals surface area contributed by atoms with Gasteiger partial charge < -0.3 is 4.90 Å². The summed E-state index contributed by atoms with van der Waals surface area (Å²) in [5, 5.41) is 9.22. The number of benzene rings is 1. The van der Waals surface area contributed by atoms with Gasteiger partial charge in [-0.25, -0.2) is 8.42 Å². The molecule has 1 aromatic carbocycles. The number of rotatable bonds is 4. The standard InChI is InChI=1S/C16H21N3O2S/c1-18-10-8-15(9-11-18)19(14-6-7-14)22(20,21)16-5-3-2-4-13(16)12-17/h2-5,14-15H,6-11H2,1H3. The maximum Gasteiger partial charge on any atom is 0.244 e. The Morgan fingerprint density at radius 3 is 2.32 bits per heavy atom. The van der Waals surface area contributed by atoms with E-state index in [0.717, 1.165) is 38.8 Å². The van der Waals surface area contributed by atoms with E-state index in [4.69, 9.17) is 0 Å². The van der Waals surface area contributed by atoms with Gasteiger partial charge >= 0.3 is 0 Å². The number of nitrogens with zero attached hydrogens (tertiary/aromatic N) is 3. The molecule has 118 valence electrons. The Hall–Kier alpha value is -1.42. The van der Waals surface area contributed by atoms with Gasteiger partial charge in [0.15, 0.2) is 0 Å². The van der Waals surface area contributed by atoms with Crippen LogP contribution >= 0.6 is 0 Å². The van der Waals surface area contributed by atoms with E-state index in [2.05, 4.69) is 11.9 Å². The molecule has 1 aliphatic heterocycles. The zero-order chi connectivity index (χ0) is 15.7. The lowest BCUT2D eigenvalue weighted by Gasteiger charge is -2.36. The SMILES string of the molecule is CN1CCC(N(C2CC2)S(=O)(=O)c2ccccc2C#N)CC1. The van der Waals surface area contributed by atoms with Gasteiger partial charge in [-0.3, -0.25) is 0 Å². The monoisotopic (exact) mass is 319 g/mol. The molecule has 0 radical (unpaired) electrons. The molecule has 1 heterocycles. The zero-order valence-electron chi connectivity index (χ0n) is 12.8. The quantitative estimate of drug-likeness (QED) is 0.849. The zero-order valence-corrected chi connectivity index (χ0v) is 13.6. The molecular weight excluding hydrogens is 298 g/mol. The average molecular weight is 319 g/mol. The van der Waals surface area contributed by atoms with Gasteiger partial charge in [0.25, 0.3) is 0 Å². The van der Waals surface area contributed by atoms with Crippen molar-refractivity contribution in [2.45, 2.75) is 42.7 Å². The Morgan fingerprint density at radius 1 is 1.14 bits per heavy atom. The summed E-state index contributed by atoms with van der Waals surface area (Å²) in [7, 11) is -1.54. The lowest BCUT2D eigenvalue weighted by molar-refractivity contribution is 0.178. The molecule has 5 nitrogen and oxygen atoms in total. The molecule has 22 heavy (non-hydrogen) atoms. The van der Waals surface area contributed by atoms with Crippen LogP contribution in [0.5, 0.6) is 0 Å². The van der Waals surface area contributed by atoms with E-state index in [1.807, 2.05) is 6.07 Å². The molecule has 0 spiro atoms. The normalized spacial score (nSPS) is 21.0. The molecule has 0 bridgehead atoms. The van der Waals surface area contributed by atoms with Crippen LogP contribution in [0.4, 0.5) is 0 Å². The summed E-state index contributed by atoms with van der Waals surface area (Å²) >= 11 is 0. The Balaban J connectivity index is 1.95. The van der Waals surface area contributed by atoms with Crippen molar-refractivity contribution in [1.29, 1.82) is 5.26 Å². The number of hydrogen-bond acceptors (Lipinski definition) is 4. The lowest BCUT2D eigenvalue weighted by atomic mass is 10.1. The van der Waals surface area contributed by atoms with E-state index >= 15 is 0 Å². The van der Waals surface area contributed by atoms with Crippen LogP contribution in [0.15, 0.2) is 29.2 Å². The molecule has 2 aliphatic rings. The van der Waals surface area contributed by atoms with E-state index in [1.54, 1.807) is 28.6 Å². The number of nitriles is 1. The smallest absolute Gasteiger partial charge is 0.244 e. The summed E-state index contributed by atoms with van der Waals surface area (Å²) in [6, 6.07) is 8.70. The number of sulfonamides is 1. The highest BCUT2D eigenvalue weighted by atomic mass is 32.2. The maximum absolute atomic E-state index is 13.1. The van der Waals surface area contributed by atoms with Crippen molar-refractivity contribution in [3.63, 3.8) is 0 Å². The van der Waals surface area contributed by atoms with Crippen LogP contribution in [0.25, 0.3) is 0 Å². The molecule has 6 heteroatoms. The minimum absolute atomic E-state index is 0.0560. The molecule has 0 unspecified atom stereocenters. The number of piperidine rings is 1. The predicted octanol–water partition coefficient (Wildman–Crippen LogP) is 1.81. The number of hydrogen-bond donors (Lipinski definition) is 0. The fourth-order valence-electron chi connectivity index (χ4n) is 3.17. The van der Waals surface area contributed by atoms with Crippen LogP contribution in [-0.2, 0) is 10.0 Å². The Kier molecular flexibility index (Phi) is 4.22. The van der Waals surface area contributed by atoms with Gasteiger partial charge in [0, 0.05) is 12.1 Å². The van der Waals surface area contributed by atoms with E-state index in [9.17, 15) is 13.7 Å². The first kappa shape index (κ1) is 15.5. The molecule has 3 rings (SSSR count). The van der Waals surface area contributed by atoms with E-state index in [-0.39, 0.29) is 22.5 Å². The fourth-order valence-corrected chi connectivity index (χ4v) is 5.24. The first-order valence-electron chi connectivity index (χ1n) is 7.75. The molecule has 0 N–H and O–H groups in total. The van der Waals surface area contributed by atoms with Crippen LogP contribution in [0, 0.1) is 11.3 Å². The van der Waals surface area contributed by atoms with Crippen LogP contribution in [0.1, 0.15) is 31.2 Å². The first-order valence-corrected chi connectivity index (χ1v) is 9.19. The average Bonchev–Trinajstić information content (AvgIpc) is 3.34. The van der Waals surface area contributed by atoms with Gasteiger partial charge in [0.05, 0.1) is 10.5 Å². The lowest BCUT2D eigenvalue weighted by Crippen LogP contribution is -2.47. The third kappa shape index (κ3) is 2.89. The minimum atomic E-state index is -3.61. The Bertz CT molecular complexity index is 684. The van der Waals surface area contributed by atoms with E-state index in [0.29, 0.717) is 0 Å². The van der Waals surface area contributed by atoms with Crippen molar-refractivity contribution >= 4 is 10.0 Å². The van der Waals surface area contributed by atoms with Crippen LogP contribution < -0.4 is 0 Å². The molecule has 1 aliphatic carbocycles. The summed E-state index contributed by atoms with van der Waals surface area (Å²) < 4.78 is 28.0. The third-order valence-electron chi connectivity index (χ3n) is 4.52. The van der Waals surface area contributed by atoms with Crippen LogP contribution in [0.2, 0.25) is 0 Å². The Morgan fingerprint density at radius 2 is 1.73 bits per heavy atom. The topological polar surface area (TPSA) is 64.4 Å². The molecule has 1 aromatic rings. The second-order valence-corrected chi connectivity index (χ2v) is 8.02. The molecule has 2 fully saturated rings. The van der Waals surface area contributed by atoms with Gasteiger partial charge in [-0.15, -0.1) is 0 Å². The third-order valence-corrected chi connectivity index (χ3v) is 6.58. The maximum atomic E-state index is 13.1. The van der Waals surface area contributed by atoms with Gasteiger partial charge in [0.1, 0.15) is 6.07 Å². The summed E-state index contributed by atoms with van der Waals surface area (Å²) in [5.41, 5.74) is 0.237. The minimum Gasteiger partial charge on any atom is -0.306 e. The van der Waals surface area contributed by atoms with Crippen LogP contribution in [0.3, 0.4) is 0 Å². The fraction of sp³-hybridized carbons (Fsp3) is 0.562. The van der Waals surface area contributed by atoms with Crippen molar-refractivity contribution in [2.24, 2.45) is 0 Å². The van der Waals surface area contributed by atoms with Gasteiger partial charge in [-0.2, -0.15) is 9.57 Å². The van der Waals surface area contributed by atoms with Crippen molar-refractivity contribution < 1.29 is 8.42 Å². The molecule has 0 amide bonds.